The Morgan fingerprint density at radius 1 is 1.42 bits per heavy atom. The van der Waals surface area contributed by atoms with Crippen molar-refractivity contribution in [2.75, 3.05) is 18.1 Å². The van der Waals surface area contributed by atoms with E-state index in [0.717, 1.165) is 25.1 Å². The first kappa shape index (κ1) is 14.4. The molecule has 4 heteroatoms. The molecule has 3 nitrogen and oxygen atoms in total. The van der Waals surface area contributed by atoms with Gasteiger partial charge in [0.2, 0.25) is 5.91 Å². The Hall–Kier alpha value is -1.00. The molecule has 1 amide bonds. The van der Waals surface area contributed by atoms with Crippen molar-refractivity contribution in [1.29, 1.82) is 0 Å². The fraction of sp³-hybridized carbons (Fsp3) is 0.533. The number of aliphatic hydroxyl groups is 1. The SMILES string of the molecule is Cc1ccc(N2CCC[C@@H](S[C@@H](C)CO)C2=O)cc1. The third-order valence-electron chi connectivity index (χ3n) is 3.39. The van der Waals surface area contributed by atoms with E-state index in [9.17, 15) is 4.79 Å². The van der Waals surface area contributed by atoms with Gasteiger partial charge in [0.05, 0.1) is 11.9 Å². The molecule has 0 aromatic heterocycles. The normalized spacial score (nSPS) is 21.5. The highest BCUT2D eigenvalue weighted by Gasteiger charge is 2.30. The average Bonchev–Trinajstić information content (AvgIpc) is 2.42. The smallest absolute Gasteiger partial charge is 0.240 e. The molecular weight excluding hydrogens is 258 g/mol. The van der Waals surface area contributed by atoms with E-state index in [2.05, 4.69) is 0 Å². The van der Waals surface area contributed by atoms with Gasteiger partial charge in [-0.25, -0.2) is 0 Å². The molecule has 1 N–H and O–H groups in total. The van der Waals surface area contributed by atoms with Crippen LogP contribution in [0.15, 0.2) is 24.3 Å². The van der Waals surface area contributed by atoms with Crippen LogP contribution in [0.1, 0.15) is 25.3 Å². The fourth-order valence-corrected chi connectivity index (χ4v) is 3.47. The lowest BCUT2D eigenvalue weighted by Gasteiger charge is -2.33. The second kappa shape index (κ2) is 6.44. The maximum absolute atomic E-state index is 12.5. The van der Waals surface area contributed by atoms with E-state index in [4.69, 9.17) is 5.11 Å². The number of carbonyl (C=O) groups is 1. The number of hydrogen-bond acceptors (Lipinski definition) is 3. The summed E-state index contributed by atoms with van der Waals surface area (Å²) in [6, 6.07) is 8.09. The monoisotopic (exact) mass is 279 g/mol. The van der Waals surface area contributed by atoms with Gasteiger partial charge in [0.25, 0.3) is 0 Å². The molecule has 0 unspecified atom stereocenters. The summed E-state index contributed by atoms with van der Waals surface area (Å²) in [6.07, 6.45) is 1.94. The van der Waals surface area contributed by atoms with Gasteiger partial charge in [-0.3, -0.25) is 4.79 Å². The van der Waals surface area contributed by atoms with Crippen molar-refractivity contribution >= 4 is 23.4 Å². The van der Waals surface area contributed by atoms with Gasteiger partial charge in [0.15, 0.2) is 0 Å². The number of nitrogens with zero attached hydrogens (tertiary/aromatic N) is 1. The van der Waals surface area contributed by atoms with Crippen molar-refractivity contribution in [2.24, 2.45) is 0 Å². The Kier molecular flexibility index (Phi) is 4.88. The molecule has 1 aliphatic rings. The van der Waals surface area contributed by atoms with Crippen LogP contribution in [0.3, 0.4) is 0 Å². The molecule has 1 saturated heterocycles. The summed E-state index contributed by atoms with van der Waals surface area (Å²) in [4.78, 5) is 14.4. The number of hydrogen-bond donors (Lipinski definition) is 1. The van der Waals surface area contributed by atoms with E-state index >= 15 is 0 Å². The molecule has 0 bridgehead atoms. The van der Waals surface area contributed by atoms with Crippen molar-refractivity contribution < 1.29 is 9.90 Å². The second-order valence-corrected chi connectivity index (χ2v) is 6.73. The van der Waals surface area contributed by atoms with Crippen LogP contribution < -0.4 is 4.90 Å². The Labute approximate surface area is 119 Å². The zero-order valence-electron chi connectivity index (χ0n) is 11.5. The minimum absolute atomic E-state index is 0.0165. The third kappa shape index (κ3) is 3.51. The van der Waals surface area contributed by atoms with Crippen molar-refractivity contribution in [3.05, 3.63) is 29.8 Å². The van der Waals surface area contributed by atoms with E-state index in [1.54, 1.807) is 11.8 Å². The van der Waals surface area contributed by atoms with E-state index in [1.165, 1.54) is 5.56 Å². The molecule has 104 valence electrons. The standard InChI is InChI=1S/C15H21NO2S/c1-11-5-7-13(8-6-11)16-9-3-4-14(15(16)18)19-12(2)10-17/h5-8,12,14,17H,3-4,9-10H2,1-2H3/t12-,14+/m0/s1. The Bertz CT molecular complexity index is 432. The predicted molar refractivity (Wildman–Crippen MR) is 80.7 cm³/mol. The number of aryl methyl sites for hydroxylation is 1. The van der Waals surface area contributed by atoms with Crippen LogP contribution in [0.2, 0.25) is 0 Å². The first-order valence-electron chi connectivity index (χ1n) is 6.76. The third-order valence-corrected chi connectivity index (χ3v) is 4.77. The number of piperidine rings is 1. The Balaban J connectivity index is 2.09. The highest BCUT2D eigenvalue weighted by atomic mass is 32.2. The van der Waals surface area contributed by atoms with E-state index in [-0.39, 0.29) is 23.0 Å². The fourth-order valence-electron chi connectivity index (χ4n) is 2.27. The molecule has 19 heavy (non-hydrogen) atoms. The number of aliphatic hydroxyl groups excluding tert-OH is 1. The van der Waals surface area contributed by atoms with Crippen LogP contribution in [0.4, 0.5) is 5.69 Å². The number of benzene rings is 1. The lowest BCUT2D eigenvalue weighted by molar-refractivity contribution is -0.119. The summed E-state index contributed by atoms with van der Waals surface area (Å²) < 4.78 is 0. The van der Waals surface area contributed by atoms with Gasteiger partial charge < -0.3 is 10.0 Å². The maximum Gasteiger partial charge on any atom is 0.240 e. The minimum Gasteiger partial charge on any atom is -0.395 e. The van der Waals surface area contributed by atoms with Gasteiger partial charge in [-0.1, -0.05) is 24.6 Å². The minimum atomic E-state index is -0.0165. The average molecular weight is 279 g/mol. The van der Waals surface area contributed by atoms with Gasteiger partial charge >= 0.3 is 0 Å². The summed E-state index contributed by atoms with van der Waals surface area (Å²) in [5.41, 5.74) is 2.19. The molecule has 0 radical (unpaired) electrons. The van der Waals surface area contributed by atoms with E-state index in [1.807, 2.05) is 43.0 Å². The number of anilines is 1. The topological polar surface area (TPSA) is 40.5 Å². The summed E-state index contributed by atoms with van der Waals surface area (Å²) in [6.45, 7) is 4.93. The van der Waals surface area contributed by atoms with Crippen LogP contribution in [0, 0.1) is 6.92 Å². The lowest BCUT2D eigenvalue weighted by atomic mass is 10.1. The Morgan fingerprint density at radius 2 is 2.11 bits per heavy atom. The van der Waals surface area contributed by atoms with Gasteiger partial charge in [0.1, 0.15) is 0 Å². The predicted octanol–water partition coefficient (Wildman–Crippen LogP) is 2.60. The molecule has 0 saturated carbocycles. The second-order valence-electron chi connectivity index (χ2n) is 5.09. The van der Waals surface area contributed by atoms with Crippen LogP contribution in [-0.2, 0) is 4.79 Å². The van der Waals surface area contributed by atoms with Crippen molar-refractivity contribution in [2.45, 2.75) is 37.2 Å². The number of amides is 1. The molecule has 1 fully saturated rings. The molecule has 0 aliphatic carbocycles. The largest absolute Gasteiger partial charge is 0.395 e. The highest BCUT2D eigenvalue weighted by Crippen LogP contribution is 2.30. The highest BCUT2D eigenvalue weighted by molar-refractivity contribution is 8.01. The molecule has 1 aliphatic heterocycles. The maximum atomic E-state index is 12.5. The van der Waals surface area contributed by atoms with Gasteiger partial charge in [-0.2, -0.15) is 0 Å². The zero-order chi connectivity index (χ0) is 13.8. The van der Waals surface area contributed by atoms with Crippen molar-refractivity contribution in [3.8, 4) is 0 Å². The van der Waals surface area contributed by atoms with Gasteiger partial charge in [0, 0.05) is 17.5 Å². The van der Waals surface area contributed by atoms with Gasteiger partial charge in [-0.05, 0) is 31.9 Å². The summed E-state index contributed by atoms with van der Waals surface area (Å²) >= 11 is 1.59. The van der Waals surface area contributed by atoms with Crippen LogP contribution in [0.25, 0.3) is 0 Å². The summed E-state index contributed by atoms with van der Waals surface area (Å²) in [5.74, 6) is 0.181. The quantitative estimate of drug-likeness (QED) is 0.921. The molecule has 2 rings (SSSR count). The number of thioether (sulfide) groups is 1. The van der Waals surface area contributed by atoms with Crippen molar-refractivity contribution in [3.63, 3.8) is 0 Å². The molecule has 1 aromatic carbocycles. The summed E-state index contributed by atoms with van der Waals surface area (Å²) in [5, 5.41) is 9.22. The molecule has 0 spiro atoms. The Morgan fingerprint density at radius 3 is 2.74 bits per heavy atom. The van der Waals surface area contributed by atoms with Gasteiger partial charge in [-0.15, -0.1) is 11.8 Å². The first-order chi connectivity index (χ1) is 9.11. The van der Waals surface area contributed by atoms with Crippen LogP contribution >= 0.6 is 11.8 Å². The van der Waals surface area contributed by atoms with E-state index < -0.39 is 0 Å². The number of rotatable bonds is 4. The van der Waals surface area contributed by atoms with Crippen molar-refractivity contribution in [1.82, 2.24) is 0 Å². The first-order valence-corrected chi connectivity index (χ1v) is 7.70. The number of carbonyl (C=O) groups excluding carboxylic acids is 1. The zero-order valence-corrected chi connectivity index (χ0v) is 12.3. The van der Waals surface area contributed by atoms with Crippen LogP contribution in [-0.4, -0.2) is 34.7 Å². The van der Waals surface area contributed by atoms with Crippen LogP contribution in [0.5, 0.6) is 0 Å². The molecule has 2 atom stereocenters. The molecule has 1 aromatic rings. The van der Waals surface area contributed by atoms with E-state index in [0.29, 0.717) is 0 Å². The molecule has 1 heterocycles. The summed E-state index contributed by atoms with van der Waals surface area (Å²) in [7, 11) is 0. The lowest BCUT2D eigenvalue weighted by Crippen LogP contribution is -2.43. The molecular formula is C15H21NO2S.